The van der Waals surface area contributed by atoms with Crippen LogP contribution in [0.4, 0.5) is 0 Å². The number of nitrogens with two attached hydrogens (primary N) is 1. The molecule has 140 valence electrons. The van der Waals surface area contributed by atoms with Gasteiger partial charge < -0.3 is 19.6 Å². The van der Waals surface area contributed by atoms with Gasteiger partial charge in [0, 0.05) is 37.5 Å². The molecule has 3 heterocycles. The van der Waals surface area contributed by atoms with Gasteiger partial charge in [-0.1, -0.05) is 0 Å². The number of furan rings is 1. The smallest absolute Gasteiger partial charge is 0.243 e. The molecular weight excluding hydrogens is 356 g/mol. The van der Waals surface area contributed by atoms with E-state index in [-0.39, 0.29) is 23.4 Å². The Balaban J connectivity index is 1.60. The fourth-order valence-electron chi connectivity index (χ4n) is 3.39. The van der Waals surface area contributed by atoms with E-state index in [0.29, 0.717) is 31.3 Å². The predicted molar refractivity (Wildman–Crippen MR) is 95.0 cm³/mol. The van der Waals surface area contributed by atoms with Crippen molar-refractivity contribution >= 4 is 10.0 Å². The van der Waals surface area contributed by atoms with E-state index in [1.54, 1.807) is 12.1 Å². The van der Waals surface area contributed by atoms with E-state index in [4.69, 9.17) is 19.6 Å². The second-order valence-corrected chi connectivity index (χ2v) is 8.64. The van der Waals surface area contributed by atoms with Gasteiger partial charge in [0.2, 0.25) is 10.0 Å². The van der Waals surface area contributed by atoms with Gasteiger partial charge in [-0.2, -0.15) is 4.31 Å². The monoisotopic (exact) mass is 378 g/mol. The third kappa shape index (κ3) is 3.08. The lowest BCUT2D eigenvalue weighted by Crippen LogP contribution is -2.32. The molecule has 2 atom stereocenters. The number of ether oxygens (including phenoxy) is 2. The highest BCUT2D eigenvalue weighted by Crippen LogP contribution is 2.35. The van der Waals surface area contributed by atoms with E-state index in [9.17, 15) is 8.42 Å². The molecule has 4 rings (SSSR count). The van der Waals surface area contributed by atoms with Gasteiger partial charge in [0.1, 0.15) is 11.5 Å². The molecule has 2 aliphatic heterocycles. The molecule has 26 heavy (non-hydrogen) atoms. The molecule has 7 nitrogen and oxygen atoms in total. The lowest BCUT2D eigenvalue weighted by Gasteiger charge is -2.17. The zero-order valence-corrected chi connectivity index (χ0v) is 15.4. The van der Waals surface area contributed by atoms with Crippen molar-refractivity contribution in [3.63, 3.8) is 0 Å². The maximum absolute atomic E-state index is 13.1. The van der Waals surface area contributed by atoms with Gasteiger partial charge >= 0.3 is 0 Å². The highest BCUT2D eigenvalue weighted by molar-refractivity contribution is 7.89. The number of rotatable bonds is 3. The van der Waals surface area contributed by atoms with Crippen molar-refractivity contribution < 1.29 is 22.3 Å². The number of hydrogen-bond acceptors (Lipinski definition) is 6. The average Bonchev–Trinajstić information content (AvgIpc) is 3.13. The van der Waals surface area contributed by atoms with Crippen molar-refractivity contribution in [1.29, 1.82) is 0 Å². The van der Waals surface area contributed by atoms with E-state index in [2.05, 4.69) is 0 Å². The summed E-state index contributed by atoms with van der Waals surface area (Å²) in [5.41, 5.74) is 6.21. The highest BCUT2D eigenvalue weighted by Gasteiger charge is 2.40. The van der Waals surface area contributed by atoms with Crippen molar-refractivity contribution in [1.82, 2.24) is 4.31 Å². The van der Waals surface area contributed by atoms with Gasteiger partial charge in [0.05, 0.1) is 18.1 Å². The summed E-state index contributed by atoms with van der Waals surface area (Å²) >= 11 is 0. The Morgan fingerprint density at radius 1 is 1.08 bits per heavy atom. The molecule has 2 N–H and O–H groups in total. The zero-order valence-electron chi connectivity index (χ0n) is 14.6. The Labute approximate surface area is 152 Å². The van der Waals surface area contributed by atoms with Crippen molar-refractivity contribution in [3.05, 3.63) is 41.9 Å². The Hall–Kier alpha value is -2.03. The maximum Gasteiger partial charge on any atom is 0.243 e. The highest BCUT2D eigenvalue weighted by atomic mass is 32.2. The normalized spacial score (nSPS) is 23.8. The van der Waals surface area contributed by atoms with Crippen LogP contribution in [0, 0.1) is 6.92 Å². The van der Waals surface area contributed by atoms with E-state index in [0.717, 1.165) is 17.9 Å². The quantitative estimate of drug-likeness (QED) is 0.876. The molecule has 0 bridgehead atoms. The largest absolute Gasteiger partial charge is 0.490 e. The van der Waals surface area contributed by atoms with Crippen LogP contribution in [0.1, 0.15) is 23.9 Å². The topological polar surface area (TPSA) is 95.0 Å². The SMILES string of the molecule is Cc1ccc([C@@H]2CN(S(=O)(=O)c3ccc4c(c3)OCCCO4)C[C@H]2N)o1. The summed E-state index contributed by atoms with van der Waals surface area (Å²) < 4.78 is 44.4. The standard InChI is InChI=1S/C18H22N2O5S/c1-12-3-5-16(25-12)14-10-20(11-15(14)19)26(21,22)13-4-6-17-18(9-13)24-8-2-7-23-17/h3-6,9,14-15H,2,7-8,10-11,19H2,1H3/t14-,15-/m1/s1. The number of benzene rings is 1. The van der Waals surface area contributed by atoms with Gasteiger partial charge in [-0.3, -0.25) is 0 Å². The fourth-order valence-corrected chi connectivity index (χ4v) is 4.91. The van der Waals surface area contributed by atoms with E-state index in [1.165, 1.54) is 10.4 Å². The zero-order chi connectivity index (χ0) is 18.3. The van der Waals surface area contributed by atoms with Gasteiger partial charge in [-0.25, -0.2) is 8.42 Å². The summed E-state index contributed by atoms with van der Waals surface area (Å²) in [6.07, 6.45) is 0.766. The summed E-state index contributed by atoms with van der Waals surface area (Å²) in [6, 6.07) is 8.16. The summed E-state index contributed by atoms with van der Waals surface area (Å²) in [6.45, 7) is 3.47. The van der Waals surface area contributed by atoms with Crippen LogP contribution in [-0.4, -0.2) is 45.1 Å². The van der Waals surface area contributed by atoms with Gasteiger partial charge in [-0.15, -0.1) is 0 Å². The number of aryl methyl sites for hydroxylation is 1. The minimum Gasteiger partial charge on any atom is -0.490 e. The average molecular weight is 378 g/mol. The van der Waals surface area contributed by atoms with Crippen LogP contribution in [-0.2, 0) is 10.0 Å². The van der Waals surface area contributed by atoms with E-state index < -0.39 is 10.0 Å². The molecule has 0 unspecified atom stereocenters. The molecule has 0 spiro atoms. The van der Waals surface area contributed by atoms with Gasteiger partial charge in [0.25, 0.3) is 0 Å². The van der Waals surface area contributed by atoms with Crippen LogP contribution in [0.5, 0.6) is 11.5 Å². The van der Waals surface area contributed by atoms with Gasteiger partial charge in [-0.05, 0) is 31.2 Å². The van der Waals surface area contributed by atoms with E-state index >= 15 is 0 Å². The molecule has 1 aromatic carbocycles. The Bertz CT molecular complexity index is 908. The number of fused-ring (bicyclic) bond motifs is 1. The molecule has 1 fully saturated rings. The second-order valence-electron chi connectivity index (χ2n) is 6.70. The summed E-state index contributed by atoms with van der Waals surface area (Å²) in [7, 11) is -3.68. The summed E-state index contributed by atoms with van der Waals surface area (Å²) in [5, 5.41) is 0. The predicted octanol–water partition coefficient (Wildman–Crippen LogP) is 1.86. The van der Waals surface area contributed by atoms with Crippen LogP contribution in [0.25, 0.3) is 0 Å². The van der Waals surface area contributed by atoms with Crippen LogP contribution >= 0.6 is 0 Å². The summed E-state index contributed by atoms with van der Waals surface area (Å²) in [5.74, 6) is 2.40. The molecule has 0 amide bonds. The Morgan fingerprint density at radius 2 is 1.85 bits per heavy atom. The molecule has 0 saturated carbocycles. The minimum absolute atomic E-state index is 0.154. The van der Waals surface area contributed by atoms with Crippen molar-refractivity contribution in [2.75, 3.05) is 26.3 Å². The molecule has 0 radical (unpaired) electrons. The first-order valence-electron chi connectivity index (χ1n) is 8.67. The first kappa shape index (κ1) is 17.4. The van der Waals surface area contributed by atoms with Gasteiger partial charge in [0.15, 0.2) is 11.5 Å². The van der Waals surface area contributed by atoms with Crippen LogP contribution in [0.2, 0.25) is 0 Å². The molecule has 1 saturated heterocycles. The van der Waals surface area contributed by atoms with Crippen molar-refractivity contribution in [2.45, 2.75) is 30.2 Å². The molecule has 8 heteroatoms. The van der Waals surface area contributed by atoms with Crippen LogP contribution < -0.4 is 15.2 Å². The van der Waals surface area contributed by atoms with Crippen LogP contribution in [0.15, 0.2) is 39.6 Å². The lowest BCUT2D eigenvalue weighted by atomic mass is 10.0. The first-order chi connectivity index (χ1) is 12.4. The van der Waals surface area contributed by atoms with Crippen molar-refractivity contribution in [2.24, 2.45) is 5.73 Å². The number of hydrogen-bond donors (Lipinski definition) is 1. The molecule has 1 aromatic heterocycles. The number of sulfonamides is 1. The molecular formula is C18H22N2O5S. The maximum atomic E-state index is 13.1. The molecule has 2 aliphatic rings. The first-order valence-corrected chi connectivity index (χ1v) is 10.1. The lowest BCUT2D eigenvalue weighted by molar-refractivity contribution is 0.297. The third-order valence-corrected chi connectivity index (χ3v) is 6.64. The third-order valence-electron chi connectivity index (χ3n) is 4.81. The molecule has 2 aromatic rings. The van der Waals surface area contributed by atoms with Crippen molar-refractivity contribution in [3.8, 4) is 11.5 Å². The Morgan fingerprint density at radius 3 is 2.58 bits per heavy atom. The van der Waals surface area contributed by atoms with E-state index in [1.807, 2.05) is 19.1 Å². The molecule has 0 aliphatic carbocycles. The minimum atomic E-state index is -3.68. The second kappa shape index (κ2) is 6.61. The number of nitrogens with zero attached hydrogens (tertiary/aromatic N) is 1. The Kier molecular flexibility index (Phi) is 4.42. The summed E-state index contributed by atoms with van der Waals surface area (Å²) in [4.78, 5) is 0.185. The van der Waals surface area contributed by atoms with Crippen LogP contribution in [0.3, 0.4) is 0 Å². The fraction of sp³-hybridized carbons (Fsp3) is 0.444.